The topological polar surface area (TPSA) is 41.1 Å². The molecule has 0 spiro atoms. The van der Waals surface area contributed by atoms with Crippen molar-refractivity contribution in [3.8, 4) is 0 Å². The lowest BCUT2D eigenvalue weighted by Gasteiger charge is -2.16. The molecule has 1 aromatic carbocycles. The van der Waals surface area contributed by atoms with Crippen molar-refractivity contribution in [2.75, 3.05) is 19.3 Å². The van der Waals surface area contributed by atoms with Crippen molar-refractivity contribution in [3.05, 3.63) is 28.8 Å². The zero-order valence-electron chi connectivity index (χ0n) is 13.6. The van der Waals surface area contributed by atoms with Crippen LogP contribution in [0, 0.1) is 0 Å². The van der Waals surface area contributed by atoms with Crippen LogP contribution in [-0.4, -0.2) is 31.3 Å². The van der Waals surface area contributed by atoms with Crippen LogP contribution in [0.25, 0.3) is 0 Å². The van der Waals surface area contributed by atoms with Gasteiger partial charge in [0.05, 0.1) is 10.6 Å². The number of nitrogens with one attached hydrogen (secondary N) is 2. The number of rotatable bonds is 6. The van der Waals surface area contributed by atoms with Crippen LogP contribution in [0.1, 0.15) is 48.9 Å². The zero-order chi connectivity index (χ0) is 15.8. The fraction of sp³-hybridized carbons (Fsp3) is 0.588. The highest BCUT2D eigenvalue weighted by molar-refractivity contribution is 7.98. The Balaban J connectivity index is 0.00000264. The lowest BCUT2D eigenvalue weighted by Crippen LogP contribution is -2.36. The van der Waals surface area contributed by atoms with Gasteiger partial charge in [-0.05, 0) is 37.3 Å². The van der Waals surface area contributed by atoms with Crippen LogP contribution in [0.2, 0.25) is 5.02 Å². The first-order chi connectivity index (χ1) is 10.7. The molecular formula is C17H26Cl2N2OS. The molecule has 0 radical (unpaired) electrons. The van der Waals surface area contributed by atoms with Gasteiger partial charge < -0.3 is 10.6 Å². The number of carbonyl (C=O) groups excluding carboxylic acids is 1. The molecule has 1 aliphatic rings. The minimum absolute atomic E-state index is 0. The van der Waals surface area contributed by atoms with Gasteiger partial charge in [0.1, 0.15) is 0 Å². The van der Waals surface area contributed by atoms with E-state index >= 15 is 0 Å². The quantitative estimate of drug-likeness (QED) is 0.435. The molecule has 1 amide bonds. The first-order valence-electron chi connectivity index (χ1n) is 8.06. The van der Waals surface area contributed by atoms with Crippen LogP contribution in [0.5, 0.6) is 0 Å². The minimum Gasteiger partial charge on any atom is -0.351 e. The number of thioether (sulfide) groups is 1. The molecule has 1 aromatic rings. The Kier molecular flexibility index (Phi) is 10.0. The zero-order valence-corrected chi connectivity index (χ0v) is 16.0. The van der Waals surface area contributed by atoms with E-state index in [1.807, 2.05) is 18.4 Å². The summed E-state index contributed by atoms with van der Waals surface area (Å²) < 4.78 is 0. The third kappa shape index (κ3) is 6.92. The number of amides is 1. The minimum atomic E-state index is -0.0939. The number of carbonyl (C=O) groups is 1. The van der Waals surface area contributed by atoms with E-state index in [4.69, 9.17) is 11.6 Å². The molecule has 2 rings (SSSR count). The summed E-state index contributed by atoms with van der Waals surface area (Å²) in [5, 5.41) is 7.01. The molecule has 0 aromatic heterocycles. The summed E-state index contributed by atoms with van der Waals surface area (Å²) in [6.07, 6.45) is 9.87. The molecule has 3 nitrogen and oxygen atoms in total. The highest BCUT2D eigenvalue weighted by Gasteiger charge is 2.13. The van der Waals surface area contributed by atoms with Crippen LogP contribution < -0.4 is 10.6 Å². The first-order valence-corrected chi connectivity index (χ1v) is 9.66. The van der Waals surface area contributed by atoms with Gasteiger partial charge in [-0.2, -0.15) is 0 Å². The molecule has 0 saturated heterocycles. The molecule has 23 heavy (non-hydrogen) atoms. The lowest BCUT2D eigenvalue weighted by molar-refractivity contribution is 0.0953. The van der Waals surface area contributed by atoms with E-state index in [1.165, 1.54) is 38.5 Å². The molecule has 1 fully saturated rings. The Hall–Kier alpha value is -0.420. The van der Waals surface area contributed by atoms with Gasteiger partial charge >= 0.3 is 0 Å². The molecular weight excluding hydrogens is 351 g/mol. The van der Waals surface area contributed by atoms with Gasteiger partial charge in [-0.3, -0.25) is 4.79 Å². The van der Waals surface area contributed by atoms with Crippen molar-refractivity contribution < 1.29 is 4.79 Å². The van der Waals surface area contributed by atoms with Gasteiger partial charge in [0.25, 0.3) is 5.91 Å². The number of benzene rings is 1. The number of hydrogen-bond acceptors (Lipinski definition) is 3. The van der Waals surface area contributed by atoms with Gasteiger partial charge in [-0.15, -0.1) is 24.2 Å². The van der Waals surface area contributed by atoms with Crippen LogP contribution in [0.4, 0.5) is 0 Å². The fourth-order valence-electron chi connectivity index (χ4n) is 2.84. The highest BCUT2D eigenvalue weighted by Crippen LogP contribution is 2.22. The summed E-state index contributed by atoms with van der Waals surface area (Å²) in [7, 11) is 0. The maximum Gasteiger partial charge on any atom is 0.252 e. The van der Waals surface area contributed by atoms with Crippen LogP contribution in [0.15, 0.2) is 23.1 Å². The summed E-state index contributed by atoms with van der Waals surface area (Å²) in [4.78, 5) is 13.3. The second-order valence-corrected chi connectivity index (χ2v) is 7.03. The average molecular weight is 377 g/mol. The molecule has 0 aliphatic heterocycles. The third-order valence-electron chi connectivity index (χ3n) is 4.12. The standard InChI is InChI=1S/C17H25ClN2OS.ClH/c1-22-14-8-9-16(18)15(12-14)17(21)20-11-10-19-13-6-4-2-3-5-7-13;/h8-9,12-13,19H,2-7,10-11H2,1H3,(H,20,21);1H. The van der Waals surface area contributed by atoms with Crippen LogP contribution in [0.3, 0.4) is 0 Å². The summed E-state index contributed by atoms with van der Waals surface area (Å²) in [6, 6.07) is 6.17. The lowest BCUT2D eigenvalue weighted by atomic mass is 10.1. The molecule has 0 atom stereocenters. The van der Waals surface area contributed by atoms with Crippen LogP contribution >= 0.6 is 35.8 Å². The molecule has 0 bridgehead atoms. The summed E-state index contributed by atoms with van der Waals surface area (Å²) >= 11 is 7.72. The van der Waals surface area contributed by atoms with Gasteiger partial charge in [-0.1, -0.05) is 37.3 Å². The van der Waals surface area contributed by atoms with Crippen molar-refractivity contribution in [1.29, 1.82) is 0 Å². The summed E-state index contributed by atoms with van der Waals surface area (Å²) in [5.41, 5.74) is 0.558. The number of halogens is 2. The Morgan fingerprint density at radius 2 is 1.91 bits per heavy atom. The number of hydrogen-bond donors (Lipinski definition) is 2. The van der Waals surface area contributed by atoms with E-state index in [2.05, 4.69) is 10.6 Å². The average Bonchev–Trinajstić information content (AvgIpc) is 2.80. The third-order valence-corrected chi connectivity index (χ3v) is 5.17. The van der Waals surface area contributed by atoms with E-state index in [1.54, 1.807) is 17.8 Å². The molecule has 1 aliphatic carbocycles. The van der Waals surface area contributed by atoms with E-state index < -0.39 is 0 Å². The van der Waals surface area contributed by atoms with Crippen molar-refractivity contribution in [1.82, 2.24) is 10.6 Å². The fourth-order valence-corrected chi connectivity index (χ4v) is 3.48. The van der Waals surface area contributed by atoms with Crippen molar-refractivity contribution >= 4 is 41.7 Å². The van der Waals surface area contributed by atoms with Gasteiger partial charge in [0.15, 0.2) is 0 Å². The maximum absolute atomic E-state index is 12.2. The van der Waals surface area contributed by atoms with Crippen molar-refractivity contribution in [2.24, 2.45) is 0 Å². The smallest absolute Gasteiger partial charge is 0.252 e. The van der Waals surface area contributed by atoms with Crippen molar-refractivity contribution in [2.45, 2.75) is 49.5 Å². The molecule has 6 heteroatoms. The highest BCUT2D eigenvalue weighted by atomic mass is 35.5. The van der Waals surface area contributed by atoms with E-state index in [9.17, 15) is 4.79 Å². The Labute approximate surface area is 154 Å². The largest absolute Gasteiger partial charge is 0.351 e. The first kappa shape index (κ1) is 20.6. The summed E-state index contributed by atoms with van der Waals surface area (Å²) in [5.74, 6) is -0.0939. The molecule has 0 heterocycles. The normalized spacial score (nSPS) is 15.6. The SMILES string of the molecule is CSc1ccc(Cl)c(C(=O)NCCNC2CCCCCC2)c1.Cl. The van der Waals surface area contributed by atoms with E-state index in [0.717, 1.165) is 11.4 Å². The van der Waals surface area contributed by atoms with Crippen LogP contribution in [-0.2, 0) is 0 Å². The molecule has 2 N–H and O–H groups in total. The molecule has 1 saturated carbocycles. The second kappa shape index (κ2) is 11.2. The second-order valence-electron chi connectivity index (χ2n) is 5.74. The summed E-state index contributed by atoms with van der Waals surface area (Å²) in [6.45, 7) is 1.45. The van der Waals surface area contributed by atoms with Gasteiger partial charge in [-0.25, -0.2) is 0 Å². The molecule has 0 unspecified atom stereocenters. The Morgan fingerprint density at radius 3 is 2.57 bits per heavy atom. The van der Waals surface area contributed by atoms with E-state index in [-0.39, 0.29) is 18.3 Å². The Bertz CT molecular complexity index is 491. The Morgan fingerprint density at radius 1 is 1.22 bits per heavy atom. The predicted octanol–water partition coefficient (Wildman–Crippen LogP) is 4.53. The van der Waals surface area contributed by atoms with Gasteiger partial charge in [0, 0.05) is 24.0 Å². The van der Waals surface area contributed by atoms with Crippen molar-refractivity contribution in [3.63, 3.8) is 0 Å². The van der Waals surface area contributed by atoms with Gasteiger partial charge in [0.2, 0.25) is 0 Å². The monoisotopic (exact) mass is 376 g/mol. The van der Waals surface area contributed by atoms with E-state index in [0.29, 0.717) is 23.2 Å². The maximum atomic E-state index is 12.2. The predicted molar refractivity (Wildman–Crippen MR) is 102 cm³/mol. The molecule has 130 valence electrons.